The molecule has 0 bridgehead atoms. The van der Waals surface area contributed by atoms with E-state index in [1.165, 1.54) is 6.07 Å². The number of aromatic nitrogens is 2. The van der Waals surface area contributed by atoms with Crippen LogP contribution in [0, 0.1) is 6.92 Å². The molecule has 1 amide bonds. The number of thiazole rings is 1. The number of amides is 1. The van der Waals surface area contributed by atoms with Gasteiger partial charge in [-0.1, -0.05) is 6.07 Å². The molecule has 2 rings (SSSR count). The fraction of sp³-hybridized carbons (Fsp3) is 0.357. The Morgan fingerprint density at radius 3 is 3.00 bits per heavy atom. The summed E-state index contributed by atoms with van der Waals surface area (Å²) in [5, 5.41) is 15.4. The number of carbonyl (C=O) groups excluding carboxylic acids is 1. The lowest BCUT2D eigenvalue weighted by Gasteiger charge is -2.11. The fourth-order valence-electron chi connectivity index (χ4n) is 1.83. The van der Waals surface area contributed by atoms with Crippen molar-refractivity contribution in [1.29, 1.82) is 0 Å². The van der Waals surface area contributed by atoms with Gasteiger partial charge in [0.1, 0.15) is 6.10 Å². The van der Waals surface area contributed by atoms with Crippen LogP contribution in [0.15, 0.2) is 28.4 Å². The summed E-state index contributed by atoms with van der Waals surface area (Å²) in [4.78, 5) is 29.7. The Labute approximate surface area is 125 Å². The van der Waals surface area contributed by atoms with Crippen molar-refractivity contribution in [2.24, 2.45) is 0 Å². The van der Waals surface area contributed by atoms with Gasteiger partial charge in [0.2, 0.25) is 11.5 Å². The number of aliphatic hydroxyl groups is 1. The molecule has 6 nitrogen and oxygen atoms in total. The van der Waals surface area contributed by atoms with Crippen LogP contribution in [-0.4, -0.2) is 27.5 Å². The van der Waals surface area contributed by atoms with Crippen molar-refractivity contribution in [3.05, 3.63) is 50.3 Å². The van der Waals surface area contributed by atoms with Crippen LogP contribution in [0.25, 0.3) is 0 Å². The number of aliphatic hydroxyl groups excluding tert-OH is 1. The highest BCUT2D eigenvalue weighted by molar-refractivity contribution is 7.09. The van der Waals surface area contributed by atoms with Crippen LogP contribution in [0.2, 0.25) is 0 Å². The molecule has 0 aromatic carbocycles. The van der Waals surface area contributed by atoms with Gasteiger partial charge in [0, 0.05) is 30.1 Å². The van der Waals surface area contributed by atoms with Crippen molar-refractivity contribution in [2.75, 3.05) is 6.54 Å². The molecule has 0 radical (unpaired) electrons. The molecule has 0 saturated heterocycles. The molecule has 0 aliphatic heterocycles. The monoisotopic (exact) mass is 307 g/mol. The number of nitrogens with one attached hydrogen (secondary N) is 2. The molecule has 21 heavy (non-hydrogen) atoms. The van der Waals surface area contributed by atoms with Gasteiger partial charge in [-0.2, -0.15) is 0 Å². The first kappa shape index (κ1) is 15.4. The third-order valence-electron chi connectivity index (χ3n) is 2.92. The van der Waals surface area contributed by atoms with Gasteiger partial charge >= 0.3 is 0 Å². The zero-order valence-electron chi connectivity index (χ0n) is 11.6. The third kappa shape index (κ3) is 4.80. The standard InChI is InChI=1S/C14H17N3O3S/c1-9-16-10(8-21-9)5-6-13(19)15-7-12(18)11-3-2-4-14(20)17-11/h2-4,8,12,18H,5-7H2,1H3,(H,15,19)(H,17,20). The highest BCUT2D eigenvalue weighted by Gasteiger charge is 2.10. The Kier molecular flexibility index (Phi) is 5.24. The average molecular weight is 307 g/mol. The number of rotatable bonds is 6. The van der Waals surface area contributed by atoms with Gasteiger partial charge in [-0.15, -0.1) is 11.3 Å². The number of hydrogen-bond donors (Lipinski definition) is 3. The summed E-state index contributed by atoms with van der Waals surface area (Å²) in [5.41, 5.74) is 1.01. The molecule has 2 heterocycles. The largest absolute Gasteiger partial charge is 0.385 e. The normalized spacial score (nSPS) is 12.1. The first-order valence-corrected chi connectivity index (χ1v) is 7.47. The van der Waals surface area contributed by atoms with Crippen LogP contribution in [0.1, 0.15) is 28.9 Å². The molecule has 0 saturated carbocycles. The maximum absolute atomic E-state index is 11.7. The molecule has 0 aliphatic rings. The second-order valence-electron chi connectivity index (χ2n) is 4.65. The molecule has 2 aromatic heterocycles. The number of H-pyrrole nitrogens is 1. The summed E-state index contributed by atoms with van der Waals surface area (Å²) >= 11 is 1.56. The molecule has 0 aliphatic carbocycles. The lowest BCUT2D eigenvalue weighted by Crippen LogP contribution is -2.29. The Morgan fingerprint density at radius 2 is 2.33 bits per heavy atom. The zero-order chi connectivity index (χ0) is 15.2. The molecular formula is C14H17N3O3S. The quantitative estimate of drug-likeness (QED) is 0.739. The summed E-state index contributed by atoms with van der Waals surface area (Å²) < 4.78 is 0. The fourth-order valence-corrected chi connectivity index (χ4v) is 2.48. The van der Waals surface area contributed by atoms with Gasteiger partial charge in [0.25, 0.3) is 0 Å². The summed E-state index contributed by atoms with van der Waals surface area (Å²) in [5.74, 6) is -0.155. The van der Waals surface area contributed by atoms with Gasteiger partial charge < -0.3 is 15.4 Å². The molecular weight excluding hydrogens is 290 g/mol. The molecule has 112 valence electrons. The zero-order valence-corrected chi connectivity index (χ0v) is 12.4. The van der Waals surface area contributed by atoms with Gasteiger partial charge in [-0.25, -0.2) is 4.98 Å². The second kappa shape index (κ2) is 7.14. The van der Waals surface area contributed by atoms with E-state index in [0.717, 1.165) is 10.7 Å². The van der Waals surface area contributed by atoms with Gasteiger partial charge in [0.05, 0.1) is 10.7 Å². The lowest BCUT2D eigenvalue weighted by molar-refractivity contribution is -0.121. The van der Waals surface area contributed by atoms with E-state index in [4.69, 9.17) is 0 Å². The van der Waals surface area contributed by atoms with E-state index < -0.39 is 6.10 Å². The van der Waals surface area contributed by atoms with E-state index >= 15 is 0 Å². The van der Waals surface area contributed by atoms with Crippen LogP contribution in [0.4, 0.5) is 0 Å². The Hall–Kier alpha value is -1.99. The minimum atomic E-state index is -0.927. The highest BCUT2D eigenvalue weighted by atomic mass is 32.1. The minimum Gasteiger partial charge on any atom is -0.385 e. The number of carbonyl (C=O) groups is 1. The number of pyridine rings is 1. The van der Waals surface area contributed by atoms with Crippen LogP contribution in [-0.2, 0) is 11.2 Å². The van der Waals surface area contributed by atoms with Crippen molar-refractivity contribution in [3.63, 3.8) is 0 Å². The smallest absolute Gasteiger partial charge is 0.248 e. The van der Waals surface area contributed by atoms with Crippen molar-refractivity contribution < 1.29 is 9.90 Å². The van der Waals surface area contributed by atoms with Crippen LogP contribution in [0.3, 0.4) is 0 Å². The van der Waals surface area contributed by atoms with E-state index in [1.807, 2.05) is 12.3 Å². The van der Waals surface area contributed by atoms with E-state index in [9.17, 15) is 14.7 Å². The number of nitrogens with zero attached hydrogens (tertiary/aromatic N) is 1. The predicted octanol–water partition coefficient (Wildman–Crippen LogP) is 0.922. The van der Waals surface area contributed by atoms with E-state index in [1.54, 1.807) is 23.5 Å². The van der Waals surface area contributed by atoms with Crippen molar-refractivity contribution in [2.45, 2.75) is 25.9 Å². The van der Waals surface area contributed by atoms with Crippen molar-refractivity contribution >= 4 is 17.2 Å². The second-order valence-corrected chi connectivity index (χ2v) is 5.71. The summed E-state index contributed by atoms with van der Waals surface area (Å²) in [6, 6.07) is 4.53. The maximum atomic E-state index is 11.7. The first-order valence-electron chi connectivity index (χ1n) is 6.59. The summed E-state index contributed by atoms with van der Waals surface area (Å²) in [6.07, 6.45) is -0.0281. The molecule has 7 heteroatoms. The van der Waals surface area contributed by atoms with Crippen LogP contribution >= 0.6 is 11.3 Å². The van der Waals surface area contributed by atoms with Gasteiger partial charge in [-0.3, -0.25) is 9.59 Å². The topological polar surface area (TPSA) is 95.1 Å². The number of aryl methyl sites for hydroxylation is 2. The molecule has 3 N–H and O–H groups in total. The molecule has 1 atom stereocenters. The number of aromatic amines is 1. The minimum absolute atomic E-state index is 0.0644. The van der Waals surface area contributed by atoms with E-state index in [2.05, 4.69) is 15.3 Å². The van der Waals surface area contributed by atoms with Crippen molar-refractivity contribution in [1.82, 2.24) is 15.3 Å². The summed E-state index contributed by atoms with van der Waals surface area (Å²) in [6.45, 7) is 1.99. The Morgan fingerprint density at radius 1 is 1.52 bits per heavy atom. The Bertz CT molecular complexity index is 665. The van der Waals surface area contributed by atoms with E-state index in [0.29, 0.717) is 18.5 Å². The van der Waals surface area contributed by atoms with Gasteiger partial charge in [-0.05, 0) is 19.4 Å². The van der Waals surface area contributed by atoms with E-state index in [-0.39, 0.29) is 18.0 Å². The SMILES string of the molecule is Cc1nc(CCC(=O)NCC(O)c2cccc(=O)[nH]2)cs1. The van der Waals surface area contributed by atoms with Crippen molar-refractivity contribution in [3.8, 4) is 0 Å². The van der Waals surface area contributed by atoms with Crippen LogP contribution < -0.4 is 10.9 Å². The van der Waals surface area contributed by atoms with Crippen LogP contribution in [0.5, 0.6) is 0 Å². The molecule has 1 unspecified atom stereocenters. The molecule has 0 fully saturated rings. The predicted molar refractivity (Wildman–Crippen MR) is 80.2 cm³/mol. The number of hydrogen-bond acceptors (Lipinski definition) is 5. The molecule has 0 spiro atoms. The van der Waals surface area contributed by atoms with Gasteiger partial charge in [0.15, 0.2) is 0 Å². The first-order chi connectivity index (χ1) is 10.0. The maximum Gasteiger partial charge on any atom is 0.248 e. The highest BCUT2D eigenvalue weighted by Crippen LogP contribution is 2.10. The Balaban J connectivity index is 1.77. The lowest BCUT2D eigenvalue weighted by atomic mass is 10.2. The average Bonchev–Trinajstić information content (AvgIpc) is 2.88. The summed E-state index contributed by atoms with van der Waals surface area (Å²) in [7, 11) is 0. The molecule has 2 aromatic rings. The third-order valence-corrected chi connectivity index (χ3v) is 3.74.